The third-order valence-corrected chi connectivity index (χ3v) is 2.11. The topological polar surface area (TPSA) is 36.3 Å². The molecule has 0 radical (unpaired) electrons. The minimum Gasteiger partial charge on any atom is -0.299 e. The van der Waals surface area contributed by atoms with Gasteiger partial charge in [0.15, 0.2) is 0 Å². The SMILES string of the molecule is CC(C)(C#N)CCN1CCCO1. The second-order valence-corrected chi connectivity index (χ2v) is 3.86. The summed E-state index contributed by atoms with van der Waals surface area (Å²) in [5.41, 5.74) is -0.216. The first-order valence-corrected chi connectivity index (χ1v) is 4.43. The molecule has 0 aromatic heterocycles. The number of hydrogen-bond donors (Lipinski definition) is 0. The normalized spacial score (nSPS) is 19.4. The molecule has 0 N–H and O–H groups in total. The molecule has 1 fully saturated rings. The lowest BCUT2D eigenvalue weighted by molar-refractivity contribution is -0.113. The van der Waals surface area contributed by atoms with E-state index in [1.165, 1.54) is 0 Å². The number of nitriles is 1. The van der Waals surface area contributed by atoms with Crippen LogP contribution in [0.2, 0.25) is 0 Å². The van der Waals surface area contributed by atoms with Gasteiger partial charge in [-0.05, 0) is 26.7 Å². The Morgan fingerprint density at radius 3 is 2.83 bits per heavy atom. The van der Waals surface area contributed by atoms with E-state index in [9.17, 15) is 0 Å². The highest BCUT2D eigenvalue weighted by molar-refractivity contribution is 4.91. The zero-order valence-corrected chi connectivity index (χ0v) is 7.84. The maximum absolute atomic E-state index is 8.76. The van der Waals surface area contributed by atoms with Crippen LogP contribution in [0, 0.1) is 16.7 Å². The minimum atomic E-state index is -0.216. The Hall–Kier alpha value is -0.590. The summed E-state index contributed by atoms with van der Waals surface area (Å²) in [6.07, 6.45) is 2.00. The van der Waals surface area contributed by atoms with Gasteiger partial charge in [0.05, 0.1) is 18.1 Å². The lowest BCUT2D eigenvalue weighted by atomic mass is 9.91. The van der Waals surface area contributed by atoms with Crippen LogP contribution in [0.1, 0.15) is 26.7 Å². The maximum atomic E-state index is 8.76. The molecule has 0 amide bonds. The van der Waals surface area contributed by atoms with E-state index in [0.717, 1.165) is 32.5 Å². The molecule has 1 saturated heterocycles. The Morgan fingerprint density at radius 2 is 2.33 bits per heavy atom. The average Bonchev–Trinajstić information content (AvgIpc) is 2.53. The van der Waals surface area contributed by atoms with Gasteiger partial charge in [-0.1, -0.05) is 0 Å². The predicted octanol–water partition coefficient (Wildman–Crippen LogP) is 1.56. The number of nitrogens with zero attached hydrogens (tertiary/aromatic N) is 2. The van der Waals surface area contributed by atoms with Gasteiger partial charge in [0.25, 0.3) is 0 Å². The van der Waals surface area contributed by atoms with Crippen molar-refractivity contribution in [2.45, 2.75) is 26.7 Å². The highest BCUT2D eigenvalue weighted by atomic mass is 16.7. The summed E-state index contributed by atoms with van der Waals surface area (Å²) in [5, 5.41) is 10.7. The summed E-state index contributed by atoms with van der Waals surface area (Å²) in [7, 11) is 0. The van der Waals surface area contributed by atoms with Crippen LogP contribution in [0.4, 0.5) is 0 Å². The minimum absolute atomic E-state index is 0.216. The molecular formula is C9H16N2O. The Labute approximate surface area is 73.9 Å². The maximum Gasteiger partial charge on any atom is 0.0698 e. The van der Waals surface area contributed by atoms with Crippen molar-refractivity contribution in [2.75, 3.05) is 19.7 Å². The molecule has 0 atom stereocenters. The predicted molar refractivity (Wildman–Crippen MR) is 46.2 cm³/mol. The molecule has 3 nitrogen and oxygen atoms in total. The van der Waals surface area contributed by atoms with Crippen LogP contribution < -0.4 is 0 Å². The van der Waals surface area contributed by atoms with Crippen molar-refractivity contribution in [2.24, 2.45) is 5.41 Å². The summed E-state index contributed by atoms with van der Waals surface area (Å²) >= 11 is 0. The van der Waals surface area contributed by atoms with Gasteiger partial charge in [-0.25, -0.2) is 0 Å². The van der Waals surface area contributed by atoms with E-state index in [1.54, 1.807) is 0 Å². The van der Waals surface area contributed by atoms with Gasteiger partial charge in [0, 0.05) is 13.1 Å². The van der Waals surface area contributed by atoms with E-state index in [4.69, 9.17) is 10.1 Å². The lowest BCUT2D eigenvalue weighted by Gasteiger charge is -2.19. The molecule has 0 aromatic rings. The first kappa shape index (κ1) is 9.50. The second kappa shape index (κ2) is 3.88. The fourth-order valence-electron chi connectivity index (χ4n) is 1.14. The molecule has 0 spiro atoms. The molecule has 0 unspecified atom stereocenters. The molecule has 0 bridgehead atoms. The van der Waals surface area contributed by atoms with E-state index < -0.39 is 0 Å². The molecule has 0 saturated carbocycles. The molecule has 1 aliphatic heterocycles. The average molecular weight is 168 g/mol. The van der Waals surface area contributed by atoms with Crippen LogP contribution in [0.3, 0.4) is 0 Å². The standard InChI is InChI=1S/C9H16N2O/c1-9(2,8-10)4-6-11-5-3-7-12-11/h3-7H2,1-2H3. The van der Waals surface area contributed by atoms with Crippen LogP contribution >= 0.6 is 0 Å². The summed E-state index contributed by atoms with van der Waals surface area (Å²) in [5.74, 6) is 0. The van der Waals surface area contributed by atoms with Crippen LogP contribution in [0.15, 0.2) is 0 Å². The van der Waals surface area contributed by atoms with Crippen molar-refractivity contribution in [1.82, 2.24) is 5.06 Å². The van der Waals surface area contributed by atoms with Crippen LogP contribution in [-0.2, 0) is 4.84 Å². The smallest absolute Gasteiger partial charge is 0.0698 e. The van der Waals surface area contributed by atoms with Crippen molar-refractivity contribution < 1.29 is 4.84 Å². The summed E-state index contributed by atoms with van der Waals surface area (Å²) in [6.45, 7) is 6.65. The van der Waals surface area contributed by atoms with Gasteiger partial charge in [0.1, 0.15) is 0 Å². The quantitative estimate of drug-likeness (QED) is 0.641. The molecule has 1 heterocycles. The van der Waals surface area contributed by atoms with Crippen molar-refractivity contribution in [1.29, 1.82) is 5.26 Å². The van der Waals surface area contributed by atoms with E-state index in [0.29, 0.717) is 0 Å². The van der Waals surface area contributed by atoms with Crippen molar-refractivity contribution in [3.63, 3.8) is 0 Å². The van der Waals surface area contributed by atoms with Gasteiger partial charge >= 0.3 is 0 Å². The van der Waals surface area contributed by atoms with Crippen molar-refractivity contribution >= 4 is 0 Å². The van der Waals surface area contributed by atoms with Gasteiger partial charge < -0.3 is 0 Å². The summed E-state index contributed by atoms with van der Waals surface area (Å²) < 4.78 is 0. The van der Waals surface area contributed by atoms with Crippen molar-refractivity contribution in [3.8, 4) is 6.07 Å². The first-order valence-electron chi connectivity index (χ1n) is 4.43. The molecule has 1 rings (SSSR count). The molecule has 12 heavy (non-hydrogen) atoms. The molecule has 68 valence electrons. The third-order valence-electron chi connectivity index (χ3n) is 2.11. The fraction of sp³-hybridized carbons (Fsp3) is 0.889. The zero-order valence-electron chi connectivity index (χ0n) is 7.84. The van der Waals surface area contributed by atoms with E-state index in [-0.39, 0.29) is 5.41 Å². The number of rotatable bonds is 3. The van der Waals surface area contributed by atoms with Crippen LogP contribution in [0.5, 0.6) is 0 Å². The number of hydrogen-bond acceptors (Lipinski definition) is 3. The van der Waals surface area contributed by atoms with E-state index in [2.05, 4.69) is 6.07 Å². The molecule has 3 heteroatoms. The zero-order chi connectivity index (χ0) is 9.03. The van der Waals surface area contributed by atoms with Gasteiger partial charge in [-0.15, -0.1) is 0 Å². The van der Waals surface area contributed by atoms with E-state index in [1.807, 2.05) is 18.9 Å². The molecule has 0 aromatic carbocycles. The third kappa shape index (κ3) is 2.80. The summed E-state index contributed by atoms with van der Waals surface area (Å²) in [6, 6.07) is 2.28. The Balaban J connectivity index is 2.21. The monoisotopic (exact) mass is 168 g/mol. The molecular weight excluding hydrogens is 152 g/mol. The second-order valence-electron chi connectivity index (χ2n) is 3.86. The van der Waals surface area contributed by atoms with E-state index >= 15 is 0 Å². The highest BCUT2D eigenvalue weighted by Gasteiger charge is 2.20. The Kier molecular flexibility index (Phi) is 3.07. The van der Waals surface area contributed by atoms with Gasteiger partial charge in [-0.3, -0.25) is 4.84 Å². The molecule has 0 aliphatic carbocycles. The Bertz CT molecular complexity index is 177. The first-order chi connectivity index (χ1) is 5.64. The van der Waals surface area contributed by atoms with Gasteiger partial charge in [0.2, 0.25) is 0 Å². The molecule has 1 aliphatic rings. The van der Waals surface area contributed by atoms with Crippen LogP contribution in [-0.4, -0.2) is 24.8 Å². The largest absolute Gasteiger partial charge is 0.299 e. The van der Waals surface area contributed by atoms with Crippen LogP contribution in [0.25, 0.3) is 0 Å². The van der Waals surface area contributed by atoms with Crippen molar-refractivity contribution in [3.05, 3.63) is 0 Å². The number of hydroxylamine groups is 2. The Morgan fingerprint density at radius 1 is 1.58 bits per heavy atom. The summed E-state index contributed by atoms with van der Waals surface area (Å²) in [4.78, 5) is 5.32. The fourth-order valence-corrected chi connectivity index (χ4v) is 1.14. The lowest BCUT2D eigenvalue weighted by Crippen LogP contribution is -2.23. The highest BCUT2D eigenvalue weighted by Crippen LogP contribution is 2.19. The van der Waals surface area contributed by atoms with Gasteiger partial charge in [-0.2, -0.15) is 10.3 Å².